The molecule has 0 saturated carbocycles. The lowest BCUT2D eigenvalue weighted by atomic mass is 9.76. The van der Waals surface area contributed by atoms with E-state index < -0.39 is 53.8 Å². The van der Waals surface area contributed by atoms with E-state index in [0.717, 1.165) is 19.1 Å². The molecule has 176 valence electrons. The summed E-state index contributed by atoms with van der Waals surface area (Å²) in [6.45, 7) is 10.2. The van der Waals surface area contributed by atoms with E-state index in [1.54, 1.807) is 6.92 Å². The lowest BCUT2D eigenvalue weighted by molar-refractivity contribution is -0.152. The maximum absolute atomic E-state index is 14.9. The Balaban J connectivity index is 1.88. The van der Waals surface area contributed by atoms with Crippen molar-refractivity contribution in [1.29, 1.82) is 0 Å². The number of hydrogen-bond acceptors (Lipinski definition) is 5. The number of aryl methyl sites for hydroxylation is 1. The minimum Gasteiger partial charge on any atom is -0.447 e. The van der Waals surface area contributed by atoms with Crippen LogP contribution in [-0.2, 0) is 23.6 Å². The number of esters is 1. The standard InChI is InChI=1S/C23H25BF3NO5/c1-12-7-19(18(27)11-17(12)24-32-22(3,4)23(5,6)33-24)28-21(30)20(31-13(2)29)14-8-15(25)10-16(26)9-14/h7-11,20H,1-6H3,(H,28,30). The Hall–Kier alpha value is -2.85. The van der Waals surface area contributed by atoms with Crippen LogP contribution >= 0.6 is 0 Å². The molecule has 0 aromatic heterocycles. The van der Waals surface area contributed by atoms with Gasteiger partial charge in [0, 0.05) is 18.6 Å². The van der Waals surface area contributed by atoms with Crippen molar-refractivity contribution in [3.63, 3.8) is 0 Å². The number of ether oxygens (including phenoxy) is 1. The Morgan fingerprint density at radius 3 is 2.03 bits per heavy atom. The van der Waals surface area contributed by atoms with Crippen molar-refractivity contribution in [2.45, 2.75) is 58.8 Å². The van der Waals surface area contributed by atoms with E-state index in [4.69, 9.17) is 14.0 Å². The minimum atomic E-state index is -1.69. The molecule has 0 bridgehead atoms. The van der Waals surface area contributed by atoms with Gasteiger partial charge in [0.25, 0.3) is 5.91 Å². The molecule has 1 aliphatic heterocycles. The SMILES string of the molecule is CC(=O)OC(C(=O)Nc1cc(C)c(B2OC(C)(C)C(C)(C)O2)cc1F)c1cc(F)cc(F)c1. The molecule has 10 heteroatoms. The Morgan fingerprint density at radius 2 is 1.52 bits per heavy atom. The van der Waals surface area contributed by atoms with Gasteiger partial charge in [-0.15, -0.1) is 0 Å². The predicted octanol–water partition coefficient (Wildman–Crippen LogP) is 3.95. The second kappa shape index (κ2) is 8.83. The minimum absolute atomic E-state index is 0.202. The van der Waals surface area contributed by atoms with Gasteiger partial charge in [0.05, 0.1) is 16.9 Å². The summed E-state index contributed by atoms with van der Waals surface area (Å²) in [5.41, 5.74) is -0.646. The molecule has 2 aromatic rings. The molecule has 1 atom stereocenters. The molecule has 6 nitrogen and oxygen atoms in total. The first kappa shape index (κ1) is 24.8. The molecule has 1 unspecified atom stereocenters. The number of amides is 1. The zero-order valence-electron chi connectivity index (χ0n) is 19.2. The number of halogens is 3. The van der Waals surface area contributed by atoms with E-state index >= 15 is 0 Å². The van der Waals surface area contributed by atoms with Crippen molar-refractivity contribution in [2.24, 2.45) is 0 Å². The molecular formula is C23H25BF3NO5. The topological polar surface area (TPSA) is 73.9 Å². The molecule has 0 spiro atoms. The van der Waals surface area contributed by atoms with Crippen molar-refractivity contribution in [3.05, 3.63) is 58.9 Å². The maximum atomic E-state index is 14.9. The van der Waals surface area contributed by atoms with Gasteiger partial charge >= 0.3 is 13.1 Å². The Morgan fingerprint density at radius 1 is 0.970 bits per heavy atom. The van der Waals surface area contributed by atoms with Crippen LogP contribution in [0.4, 0.5) is 18.9 Å². The molecule has 1 saturated heterocycles. The molecule has 1 fully saturated rings. The van der Waals surface area contributed by atoms with E-state index in [2.05, 4.69) is 5.32 Å². The average molecular weight is 463 g/mol. The van der Waals surface area contributed by atoms with Crippen LogP contribution in [0.1, 0.15) is 51.8 Å². The number of rotatable bonds is 5. The summed E-state index contributed by atoms with van der Waals surface area (Å²) < 4.78 is 59.1. The highest BCUT2D eigenvalue weighted by atomic mass is 19.1. The van der Waals surface area contributed by atoms with E-state index in [1.165, 1.54) is 12.1 Å². The fourth-order valence-electron chi connectivity index (χ4n) is 3.38. The summed E-state index contributed by atoms with van der Waals surface area (Å²) in [4.78, 5) is 24.3. The third-order valence-corrected chi connectivity index (χ3v) is 5.83. The molecule has 0 aliphatic carbocycles. The van der Waals surface area contributed by atoms with Crippen LogP contribution in [0.3, 0.4) is 0 Å². The van der Waals surface area contributed by atoms with Gasteiger partial charge in [0.15, 0.2) is 0 Å². The molecule has 1 N–H and O–H groups in total. The molecule has 1 heterocycles. The average Bonchev–Trinajstić information content (AvgIpc) is 2.88. The van der Waals surface area contributed by atoms with E-state index in [9.17, 15) is 22.8 Å². The smallest absolute Gasteiger partial charge is 0.447 e. The second-order valence-corrected chi connectivity index (χ2v) is 8.96. The first-order valence-electron chi connectivity index (χ1n) is 10.3. The zero-order chi connectivity index (χ0) is 24.7. The molecule has 33 heavy (non-hydrogen) atoms. The summed E-state index contributed by atoms with van der Waals surface area (Å²) >= 11 is 0. The van der Waals surface area contributed by atoms with Crippen molar-refractivity contribution in [2.75, 3.05) is 5.32 Å². The molecule has 2 aromatic carbocycles. The van der Waals surface area contributed by atoms with Crippen LogP contribution in [0.5, 0.6) is 0 Å². The maximum Gasteiger partial charge on any atom is 0.495 e. The number of benzene rings is 2. The van der Waals surface area contributed by atoms with Crippen LogP contribution in [0.25, 0.3) is 0 Å². The van der Waals surface area contributed by atoms with Gasteiger partial charge in [0.1, 0.15) is 17.5 Å². The van der Waals surface area contributed by atoms with Gasteiger partial charge < -0.3 is 19.4 Å². The van der Waals surface area contributed by atoms with Crippen molar-refractivity contribution >= 4 is 30.1 Å². The fourth-order valence-corrected chi connectivity index (χ4v) is 3.38. The number of hydrogen-bond donors (Lipinski definition) is 1. The van der Waals surface area contributed by atoms with Crippen molar-refractivity contribution in [3.8, 4) is 0 Å². The van der Waals surface area contributed by atoms with Gasteiger partial charge in [0.2, 0.25) is 6.10 Å². The van der Waals surface area contributed by atoms with E-state index in [-0.39, 0.29) is 11.3 Å². The van der Waals surface area contributed by atoms with Crippen LogP contribution in [0.15, 0.2) is 30.3 Å². The van der Waals surface area contributed by atoms with Gasteiger partial charge in [-0.2, -0.15) is 0 Å². The van der Waals surface area contributed by atoms with Gasteiger partial charge in [-0.05, 0) is 69.9 Å². The van der Waals surface area contributed by atoms with Gasteiger partial charge in [-0.25, -0.2) is 13.2 Å². The summed E-state index contributed by atoms with van der Waals surface area (Å²) in [6.07, 6.45) is -1.69. The molecule has 3 rings (SSSR count). The molecule has 0 radical (unpaired) electrons. The predicted molar refractivity (Wildman–Crippen MR) is 116 cm³/mol. The zero-order valence-corrected chi connectivity index (χ0v) is 19.2. The van der Waals surface area contributed by atoms with Crippen LogP contribution in [0.2, 0.25) is 0 Å². The first-order valence-corrected chi connectivity index (χ1v) is 10.3. The van der Waals surface area contributed by atoms with E-state index in [0.29, 0.717) is 17.1 Å². The Bertz CT molecular complexity index is 1070. The Kier molecular flexibility index (Phi) is 6.63. The summed E-state index contributed by atoms with van der Waals surface area (Å²) in [6, 6.07) is 4.91. The van der Waals surface area contributed by atoms with Crippen molar-refractivity contribution < 1.29 is 36.8 Å². The van der Waals surface area contributed by atoms with Crippen LogP contribution in [0, 0.1) is 24.4 Å². The highest BCUT2D eigenvalue weighted by molar-refractivity contribution is 6.62. The molecular weight excluding hydrogens is 438 g/mol. The lowest BCUT2D eigenvalue weighted by Gasteiger charge is -2.32. The van der Waals surface area contributed by atoms with Crippen LogP contribution < -0.4 is 10.8 Å². The summed E-state index contributed by atoms with van der Waals surface area (Å²) in [7, 11) is -0.807. The first-order chi connectivity index (χ1) is 15.2. The summed E-state index contributed by atoms with van der Waals surface area (Å²) in [5, 5.41) is 2.33. The van der Waals surface area contributed by atoms with Crippen molar-refractivity contribution in [1.82, 2.24) is 0 Å². The number of carbonyl (C=O) groups is 2. The highest BCUT2D eigenvalue weighted by Crippen LogP contribution is 2.37. The quantitative estimate of drug-likeness (QED) is 0.537. The molecule has 1 amide bonds. The number of nitrogens with one attached hydrogen (secondary N) is 1. The monoisotopic (exact) mass is 463 g/mol. The lowest BCUT2D eigenvalue weighted by Crippen LogP contribution is -2.41. The van der Waals surface area contributed by atoms with Crippen LogP contribution in [-0.4, -0.2) is 30.2 Å². The normalized spacial score (nSPS) is 17.5. The van der Waals surface area contributed by atoms with Gasteiger partial charge in [-0.1, -0.05) is 0 Å². The second-order valence-electron chi connectivity index (χ2n) is 8.96. The highest BCUT2D eigenvalue weighted by Gasteiger charge is 2.52. The number of anilines is 1. The summed E-state index contributed by atoms with van der Waals surface area (Å²) in [5.74, 6) is -4.53. The third kappa shape index (κ3) is 5.22. The van der Waals surface area contributed by atoms with E-state index in [1.807, 2.05) is 27.7 Å². The molecule has 1 aliphatic rings. The largest absolute Gasteiger partial charge is 0.495 e. The fraction of sp³-hybridized carbons (Fsp3) is 0.391. The third-order valence-electron chi connectivity index (χ3n) is 5.83. The Labute approximate surface area is 190 Å². The van der Waals surface area contributed by atoms with Gasteiger partial charge in [-0.3, -0.25) is 9.59 Å². The number of carbonyl (C=O) groups excluding carboxylic acids is 2.